The smallest absolute Gasteiger partial charge is 0.314 e. The Bertz CT molecular complexity index is 480. The molecular weight excluding hydrogens is 272 g/mol. The van der Waals surface area contributed by atoms with Crippen molar-refractivity contribution in [3.63, 3.8) is 0 Å². The van der Waals surface area contributed by atoms with Crippen molar-refractivity contribution in [3.05, 3.63) is 18.0 Å². The number of aliphatic carboxylic acids is 1. The summed E-state index contributed by atoms with van der Waals surface area (Å²) >= 11 is 0. The van der Waals surface area contributed by atoms with Gasteiger partial charge in [-0.25, -0.2) is 4.79 Å². The van der Waals surface area contributed by atoms with E-state index in [0.717, 1.165) is 5.56 Å². The van der Waals surface area contributed by atoms with Crippen molar-refractivity contribution in [1.29, 1.82) is 0 Å². The molecule has 2 amide bonds. The lowest BCUT2D eigenvalue weighted by Gasteiger charge is -2.26. The van der Waals surface area contributed by atoms with Gasteiger partial charge in [0.2, 0.25) is 0 Å². The summed E-state index contributed by atoms with van der Waals surface area (Å²) in [5, 5.41) is 18.7. The van der Waals surface area contributed by atoms with Crippen molar-refractivity contribution in [2.45, 2.75) is 40.2 Å². The van der Waals surface area contributed by atoms with Gasteiger partial charge in [0.05, 0.1) is 18.2 Å². The molecule has 0 aliphatic rings. The lowest BCUT2D eigenvalue weighted by molar-refractivity contribution is -0.149. The molecule has 0 fully saturated rings. The first-order valence-electron chi connectivity index (χ1n) is 7.17. The monoisotopic (exact) mass is 296 g/mol. The fourth-order valence-electron chi connectivity index (χ4n) is 2.06. The number of aromatic nitrogens is 2. The van der Waals surface area contributed by atoms with E-state index in [-0.39, 0.29) is 12.6 Å². The van der Waals surface area contributed by atoms with Crippen molar-refractivity contribution in [1.82, 2.24) is 20.4 Å². The molecule has 21 heavy (non-hydrogen) atoms. The second-order valence-corrected chi connectivity index (χ2v) is 5.18. The molecule has 0 saturated heterocycles. The number of hydrogen-bond donors (Lipinski definition) is 3. The second-order valence-electron chi connectivity index (χ2n) is 5.18. The highest BCUT2D eigenvalue weighted by molar-refractivity contribution is 5.78. The highest BCUT2D eigenvalue weighted by Gasteiger charge is 2.35. The second kappa shape index (κ2) is 7.66. The quantitative estimate of drug-likeness (QED) is 0.675. The molecule has 3 N–H and O–H groups in total. The molecule has 0 unspecified atom stereocenters. The molecule has 0 spiro atoms. The summed E-state index contributed by atoms with van der Waals surface area (Å²) < 4.78 is 1.75. The van der Waals surface area contributed by atoms with E-state index in [9.17, 15) is 14.7 Å². The summed E-state index contributed by atoms with van der Waals surface area (Å²) in [6, 6.07) is -0.355. The standard InChI is InChI=1S/C14H24N4O3/c1-4-14(5-2,12(19)20)10-16-13(21)15-6-7-18-9-11(3)8-17-18/h8-9H,4-7,10H2,1-3H3,(H,19,20)(H2,15,16,21). The van der Waals surface area contributed by atoms with Gasteiger partial charge < -0.3 is 15.7 Å². The van der Waals surface area contributed by atoms with E-state index < -0.39 is 11.4 Å². The fraction of sp³-hybridized carbons (Fsp3) is 0.643. The predicted molar refractivity (Wildman–Crippen MR) is 79.0 cm³/mol. The molecule has 0 aliphatic carbocycles. The Morgan fingerprint density at radius 2 is 2.00 bits per heavy atom. The van der Waals surface area contributed by atoms with E-state index in [1.807, 2.05) is 27.0 Å². The first-order chi connectivity index (χ1) is 9.93. The van der Waals surface area contributed by atoms with Crippen LogP contribution in [0.25, 0.3) is 0 Å². The van der Waals surface area contributed by atoms with E-state index in [4.69, 9.17) is 0 Å². The largest absolute Gasteiger partial charge is 0.481 e. The topological polar surface area (TPSA) is 96.3 Å². The van der Waals surface area contributed by atoms with Gasteiger partial charge in [-0.3, -0.25) is 9.48 Å². The van der Waals surface area contributed by atoms with E-state index in [2.05, 4.69) is 15.7 Å². The minimum absolute atomic E-state index is 0.127. The van der Waals surface area contributed by atoms with Gasteiger partial charge in [-0.1, -0.05) is 13.8 Å². The third kappa shape index (κ3) is 4.77. The summed E-state index contributed by atoms with van der Waals surface area (Å²) in [7, 11) is 0. The van der Waals surface area contributed by atoms with Gasteiger partial charge in [0.1, 0.15) is 0 Å². The number of carbonyl (C=O) groups is 2. The van der Waals surface area contributed by atoms with Gasteiger partial charge >= 0.3 is 12.0 Å². The van der Waals surface area contributed by atoms with Gasteiger partial charge in [0, 0.05) is 19.3 Å². The molecular formula is C14H24N4O3. The van der Waals surface area contributed by atoms with Crippen LogP contribution in [0.5, 0.6) is 0 Å². The zero-order chi connectivity index (χ0) is 15.9. The zero-order valence-corrected chi connectivity index (χ0v) is 12.8. The molecule has 1 aromatic rings. The van der Waals surface area contributed by atoms with Crippen LogP contribution in [-0.2, 0) is 11.3 Å². The van der Waals surface area contributed by atoms with Crippen LogP contribution in [0.3, 0.4) is 0 Å². The number of carboxylic acids is 1. The summed E-state index contributed by atoms with van der Waals surface area (Å²) in [6.45, 7) is 6.72. The van der Waals surface area contributed by atoms with E-state index in [1.54, 1.807) is 10.9 Å². The van der Waals surface area contributed by atoms with Gasteiger partial charge in [-0.2, -0.15) is 5.10 Å². The lowest BCUT2D eigenvalue weighted by Crippen LogP contribution is -2.46. The van der Waals surface area contributed by atoms with Crippen molar-refractivity contribution in [2.75, 3.05) is 13.1 Å². The molecule has 1 aromatic heterocycles. The van der Waals surface area contributed by atoms with Gasteiger partial charge in [0.25, 0.3) is 0 Å². The number of aryl methyl sites for hydroxylation is 1. The van der Waals surface area contributed by atoms with Crippen LogP contribution in [0.15, 0.2) is 12.4 Å². The van der Waals surface area contributed by atoms with Crippen molar-refractivity contribution >= 4 is 12.0 Å². The normalized spacial score (nSPS) is 11.2. The zero-order valence-electron chi connectivity index (χ0n) is 12.8. The molecule has 1 heterocycles. The van der Waals surface area contributed by atoms with Crippen LogP contribution in [0.1, 0.15) is 32.3 Å². The number of carbonyl (C=O) groups excluding carboxylic acids is 1. The van der Waals surface area contributed by atoms with Crippen LogP contribution >= 0.6 is 0 Å². The Morgan fingerprint density at radius 1 is 1.33 bits per heavy atom. The van der Waals surface area contributed by atoms with Gasteiger partial charge in [-0.15, -0.1) is 0 Å². The molecule has 7 nitrogen and oxygen atoms in total. The number of nitrogens with zero attached hydrogens (tertiary/aromatic N) is 2. The molecule has 7 heteroatoms. The number of carboxylic acid groups (broad SMARTS) is 1. The van der Waals surface area contributed by atoms with Crippen molar-refractivity contribution in [3.8, 4) is 0 Å². The molecule has 0 aromatic carbocycles. The minimum atomic E-state index is -0.892. The fourth-order valence-corrected chi connectivity index (χ4v) is 2.06. The summed E-state index contributed by atoms with van der Waals surface area (Å²) in [6.07, 6.45) is 4.60. The van der Waals surface area contributed by atoms with Crippen LogP contribution in [0, 0.1) is 12.3 Å². The number of nitrogens with one attached hydrogen (secondary N) is 2. The van der Waals surface area contributed by atoms with Crippen LogP contribution in [-0.4, -0.2) is 40.0 Å². The maximum Gasteiger partial charge on any atom is 0.314 e. The van der Waals surface area contributed by atoms with Gasteiger partial charge in [0.15, 0.2) is 0 Å². The third-order valence-corrected chi connectivity index (χ3v) is 3.78. The highest BCUT2D eigenvalue weighted by Crippen LogP contribution is 2.25. The first-order valence-corrected chi connectivity index (χ1v) is 7.17. The maximum absolute atomic E-state index is 11.7. The first kappa shape index (κ1) is 17.0. The molecule has 0 radical (unpaired) electrons. The van der Waals surface area contributed by atoms with Gasteiger partial charge in [-0.05, 0) is 25.3 Å². The SMILES string of the molecule is CCC(CC)(CNC(=O)NCCn1cc(C)cn1)C(=O)O. The molecule has 118 valence electrons. The van der Waals surface area contributed by atoms with Crippen LogP contribution < -0.4 is 10.6 Å². The highest BCUT2D eigenvalue weighted by atomic mass is 16.4. The Hall–Kier alpha value is -2.05. The number of amides is 2. The van der Waals surface area contributed by atoms with E-state index in [0.29, 0.717) is 25.9 Å². The Kier molecular flexibility index (Phi) is 6.20. The van der Waals surface area contributed by atoms with E-state index in [1.165, 1.54) is 0 Å². The average Bonchev–Trinajstić information content (AvgIpc) is 2.86. The molecule has 0 bridgehead atoms. The summed E-state index contributed by atoms with van der Waals surface area (Å²) in [5.41, 5.74) is 0.174. The minimum Gasteiger partial charge on any atom is -0.481 e. The molecule has 1 rings (SSSR count). The summed E-state index contributed by atoms with van der Waals surface area (Å²) in [4.78, 5) is 23.0. The Labute approximate surface area is 124 Å². The van der Waals surface area contributed by atoms with E-state index >= 15 is 0 Å². The number of hydrogen-bond acceptors (Lipinski definition) is 3. The maximum atomic E-state index is 11.7. The van der Waals surface area contributed by atoms with Crippen molar-refractivity contribution in [2.24, 2.45) is 5.41 Å². The lowest BCUT2D eigenvalue weighted by atomic mass is 9.82. The van der Waals surface area contributed by atoms with Crippen LogP contribution in [0.4, 0.5) is 4.79 Å². The Balaban J connectivity index is 2.34. The third-order valence-electron chi connectivity index (χ3n) is 3.78. The molecule has 0 atom stereocenters. The predicted octanol–water partition coefficient (Wildman–Crippen LogP) is 1.38. The molecule has 0 aliphatic heterocycles. The number of urea groups is 1. The van der Waals surface area contributed by atoms with Crippen molar-refractivity contribution < 1.29 is 14.7 Å². The molecule has 0 saturated carbocycles. The average molecular weight is 296 g/mol. The Morgan fingerprint density at radius 3 is 2.48 bits per heavy atom. The van der Waals surface area contributed by atoms with Crippen LogP contribution in [0.2, 0.25) is 0 Å². The number of rotatable bonds is 8. The summed E-state index contributed by atoms with van der Waals surface area (Å²) in [5.74, 6) is -0.875.